The van der Waals surface area contributed by atoms with Gasteiger partial charge in [0.2, 0.25) is 0 Å². The number of nitrogens with one attached hydrogen (secondary N) is 1. The summed E-state index contributed by atoms with van der Waals surface area (Å²) in [5.41, 5.74) is 3.09. The second kappa shape index (κ2) is 8.05. The van der Waals surface area contributed by atoms with Crippen molar-refractivity contribution in [2.45, 2.75) is 29.3 Å². The van der Waals surface area contributed by atoms with Gasteiger partial charge in [-0.05, 0) is 36.6 Å². The van der Waals surface area contributed by atoms with Crippen molar-refractivity contribution >= 4 is 39.4 Å². The number of nitrogens with zero attached hydrogens (tertiary/aromatic N) is 2. The molecule has 2 heterocycles. The molecule has 33 heavy (non-hydrogen) atoms. The topological polar surface area (TPSA) is 67.8 Å². The largest absolute Gasteiger partial charge is 0.360 e. The van der Waals surface area contributed by atoms with E-state index >= 15 is 0 Å². The first kappa shape index (κ1) is 20.0. The van der Waals surface area contributed by atoms with Crippen LogP contribution in [0.2, 0.25) is 0 Å². The molecule has 1 atom stereocenters. The summed E-state index contributed by atoms with van der Waals surface area (Å²) in [5.74, 6) is -0.00611. The van der Waals surface area contributed by atoms with E-state index in [1.54, 1.807) is 10.8 Å². The molecule has 1 aliphatic rings. The first-order chi connectivity index (χ1) is 16.2. The zero-order chi connectivity index (χ0) is 22.4. The first-order valence-corrected chi connectivity index (χ1v) is 11.9. The smallest absolute Gasteiger partial charge is 0.262 e. The molecule has 0 saturated heterocycles. The lowest BCUT2D eigenvalue weighted by Crippen LogP contribution is -2.23. The Bertz CT molecular complexity index is 1550. The number of ketones is 1. The van der Waals surface area contributed by atoms with Gasteiger partial charge in [-0.3, -0.25) is 14.2 Å². The van der Waals surface area contributed by atoms with Gasteiger partial charge in [-0.2, -0.15) is 0 Å². The molecule has 1 aliphatic carbocycles. The van der Waals surface area contributed by atoms with Crippen LogP contribution in [0.15, 0.2) is 95.0 Å². The number of fused-ring (bicyclic) bond motifs is 2. The molecule has 1 unspecified atom stereocenters. The monoisotopic (exact) mass is 451 g/mol. The number of rotatable bonds is 6. The second-order valence-corrected chi connectivity index (χ2v) is 9.41. The fourth-order valence-corrected chi connectivity index (χ4v) is 5.52. The van der Waals surface area contributed by atoms with Gasteiger partial charge in [-0.25, -0.2) is 4.98 Å². The lowest BCUT2D eigenvalue weighted by molar-refractivity contribution is 0.0991. The molecule has 1 fully saturated rings. The lowest BCUT2D eigenvalue weighted by Gasteiger charge is -2.19. The van der Waals surface area contributed by atoms with Gasteiger partial charge in [0.1, 0.15) is 5.25 Å². The van der Waals surface area contributed by atoms with Crippen LogP contribution < -0.4 is 5.56 Å². The number of Topliss-reactive ketones (excluding diaryl/α,β-unsaturated/α-hetero) is 1. The zero-order valence-corrected chi connectivity index (χ0v) is 18.6. The maximum absolute atomic E-state index is 13.9. The minimum absolute atomic E-state index is 0.00611. The highest BCUT2D eigenvalue weighted by atomic mass is 32.2. The van der Waals surface area contributed by atoms with Crippen molar-refractivity contribution in [3.63, 3.8) is 0 Å². The molecule has 3 aromatic carbocycles. The minimum atomic E-state index is -0.525. The van der Waals surface area contributed by atoms with Gasteiger partial charge in [-0.1, -0.05) is 72.4 Å². The maximum Gasteiger partial charge on any atom is 0.262 e. The normalized spacial score (nSPS) is 14.5. The summed E-state index contributed by atoms with van der Waals surface area (Å²) in [7, 11) is 0. The third-order valence-corrected chi connectivity index (χ3v) is 7.33. The van der Waals surface area contributed by atoms with Crippen LogP contribution in [0.3, 0.4) is 0 Å². The predicted octanol–water partition coefficient (Wildman–Crippen LogP) is 5.93. The molecule has 162 valence electrons. The molecule has 5 nitrogen and oxygen atoms in total. The highest BCUT2D eigenvalue weighted by Gasteiger charge is 2.32. The SMILES string of the molecule is O=C(c1c[nH]c2ccccc12)C(Sc1nc2ccccc2c(=O)n1C1CC1)c1ccccc1. The van der Waals surface area contributed by atoms with Crippen LogP contribution >= 0.6 is 11.8 Å². The van der Waals surface area contributed by atoms with Crippen molar-refractivity contribution in [2.24, 2.45) is 0 Å². The Morgan fingerprint density at radius 2 is 1.64 bits per heavy atom. The summed E-state index contributed by atoms with van der Waals surface area (Å²) in [6.07, 6.45) is 3.70. The molecule has 0 bridgehead atoms. The lowest BCUT2D eigenvalue weighted by atomic mass is 10.0. The molecule has 0 amide bonds. The fraction of sp³-hybridized carbons (Fsp3) is 0.148. The van der Waals surface area contributed by atoms with Gasteiger partial charge in [0.15, 0.2) is 10.9 Å². The molecule has 1 N–H and O–H groups in total. The van der Waals surface area contributed by atoms with Crippen molar-refractivity contribution in [1.82, 2.24) is 14.5 Å². The van der Waals surface area contributed by atoms with Crippen LogP contribution in [-0.2, 0) is 0 Å². The van der Waals surface area contributed by atoms with E-state index in [-0.39, 0.29) is 17.4 Å². The number of hydrogen-bond acceptors (Lipinski definition) is 4. The average Bonchev–Trinajstić information content (AvgIpc) is 3.60. The number of aromatic nitrogens is 3. The highest BCUT2D eigenvalue weighted by molar-refractivity contribution is 8.00. The van der Waals surface area contributed by atoms with E-state index in [2.05, 4.69) is 4.98 Å². The molecular weight excluding hydrogens is 430 g/mol. The minimum Gasteiger partial charge on any atom is -0.360 e. The zero-order valence-electron chi connectivity index (χ0n) is 17.8. The van der Waals surface area contributed by atoms with E-state index in [1.165, 1.54) is 11.8 Å². The van der Waals surface area contributed by atoms with Crippen LogP contribution in [0.4, 0.5) is 0 Å². The highest BCUT2D eigenvalue weighted by Crippen LogP contribution is 2.42. The summed E-state index contributed by atoms with van der Waals surface area (Å²) in [5, 5.41) is 1.59. The van der Waals surface area contributed by atoms with Crippen LogP contribution in [0.1, 0.15) is 40.1 Å². The van der Waals surface area contributed by atoms with Gasteiger partial charge in [0.05, 0.1) is 10.9 Å². The molecule has 0 radical (unpaired) electrons. The quantitative estimate of drug-likeness (QED) is 0.197. The summed E-state index contributed by atoms with van der Waals surface area (Å²) < 4.78 is 1.80. The van der Waals surface area contributed by atoms with Gasteiger partial charge in [0, 0.05) is 28.7 Å². The van der Waals surface area contributed by atoms with E-state index in [0.29, 0.717) is 21.6 Å². The van der Waals surface area contributed by atoms with Crippen LogP contribution in [-0.4, -0.2) is 20.3 Å². The summed E-state index contributed by atoms with van der Waals surface area (Å²) >= 11 is 1.37. The van der Waals surface area contributed by atoms with Crippen LogP contribution in [0.5, 0.6) is 0 Å². The molecule has 5 aromatic rings. The van der Waals surface area contributed by atoms with Crippen LogP contribution in [0.25, 0.3) is 21.8 Å². The Morgan fingerprint density at radius 1 is 0.939 bits per heavy atom. The summed E-state index contributed by atoms with van der Waals surface area (Å²) in [4.78, 5) is 35.3. The number of H-pyrrole nitrogens is 1. The number of para-hydroxylation sites is 2. The van der Waals surface area contributed by atoms with E-state index in [4.69, 9.17) is 4.98 Å². The number of benzene rings is 3. The van der Waals surface area contributed by atoms with Crippen molar-refractivity contribution in [1.29, 1.82) is 0 Å². The van der Waals surface area contributed by atoms with E-state index in [1.807, 2.05) is 78.9 Å². The number of hydrogen-bond donors (Lipinski definition) is 1. The van der Waals surface area contributed by atoms with Crippen molar-refractivity contribution in [3.05, 3.63) is 107 Å². The number of aromatic amines is 1. The van der Waals surface area contributed by atoms with Gasteiger partial charge < -0.3 is 4.98 Å². The molecule has 6 heteroatoms. The van der Waals surface area contributed by atoms with Crippen molar-refractivity contribution < 1.29 is 4.79 Å². The van der Waals surface area contributed by atoms with Gasteiger partial charge in [0.25, 0.3) is 5.56 Å². The standard InChI is InChI=1S/C27H21N3O2S/c31-24(21-16-28-22-12-6-4-10-19(21)22)25(17-8-2-1-3-9-17)33-27-29-23-13-7-5-11-20(23)26(32)30(27)18-14-15-18/h1-13,16,18,25,28H,14-15H2. The molecule has 0 spiro atoms. The molecule has 2 aromatic heterocycles. The average molecular weight is 452 g/mol. The second-order valence-electron chi connectivity index (χ2n) is 8.34. The third kappa shape index (κ3) is 3.56. The van der Waals surface area contributed by atoms with Crippen molar-refractivity contribution in [2.75, 3.05) is 0 Å². The third-order valence-electron chi connectivity index (χ3n) is 6.11. The summed E-state index contributed by atoms with van der Waals surface area (Å²) in [6.45, 7) is 0. The molecule has 6 rings (SSSR count). The first-order valence-electron chi connectivity index (χ1n) is 11.0. The number of thioether (sulfide) groups is 1. The Morgan fingerprint density at radius 3 is 2.42 bits per heavy atom. The maximum atomic E-state index is 13.9. The van der Waals surface area contributed by atoms with Crippen LogP contribution in [0, 0.1) is 0 Å². The summed E-state index contributed by atoms with van der Waals surface area (Å²) in [6, 6.07) is 25.1. The van der Waals surface area contributed by atoms with E-state index in [9.17, 15) is 9.59 Å². The Kier molecular flexibility index (Phi) is 4.88. The van der Waals surface area contributed by atoms with Gasteiger partial charge in [-0.15, -0.1) is 0 Å². The van der Waals surface area contributed by atoms with Gasteiger partial charge >= 0.3 is 0 Å². The van der Waals surface area contributed by atoms with E-state index < -0.39 is 5.25 Å². The Hall–Kier alpha value is -3.64. The number of carbonyl (C=O) groups excluding carboxylic acids is 1. The molecule has 1 saturated carbocycles. The number of carbonyl (C=O) groups is 1. The predicted molar refractivity (Wildman–Crippen MR) is 132 cm³/mol. The van der Waals surface area contributed by atoms with E-state index in [0.717, 1.165) is 29.3 Å². The molecule has 0 aliphatic heterocycles. The molecular formula is C27H21N3O2S. The Balaban J connectivity index is 1.50. The Labute approximate surface area is 194 Å². The van der Waals surface area contributed by atoms with Crippen molar-refractivity contribution in [3.8, 4) is 0 Å². The fourth-order valence-electron chi connectivity index (χ4n) is 4.29.